The summed E-state index contributed by atoms with van der Waals surface area (Å²) in [4.78, 5) is 40.8. The molecule has 0 bridgehead atoms. The Hall–Kier alpha value is -3.42. The normalized spacial score (nSPS) is 15.2. The lowest BCUT2D eigenvalue weighted by molar-refractivity contribution is 0.0954. The molecule has 2 aromatic heterocycles. The van der Waals surface area contributed by atoms with E-state index < -0.39 is 5.91 Å². The molecule has 0 fully saturated rings. The van der Waals surface area contributed by atoms with E-state index in [0.717, 1.165) is 0 Å². The molecule has 0 saturated carbocycles. The fourth-order valence-electron chi connectivity index (χ4n) is 2.28. The summed E-state index contributed by atoms with van der Waals surface area (Å²) >= 11 is 0. The first kappa shape index (κ1) is 13.3. The highest BCUT2D eigenvalue weighted by molar-refractivity contribution is 6.19. The molecule has 1 amide bonds. The molecule has 0 saturated heterocycles. The van der Waals surface area contributed by atoms with E-state index >= 15 is 0 Å². The number of carbonyl (C=O) groups is 1. The summed E-state index contributed by atoms with van der Waals surface area (Å²) < 4.78 is 1.37. The Morgan fingerprint density at radius 1 is 1.26 bits per heavy atom. The Morgan fingerprint density at radius 2 is 2.17 bits per heavy atom. The molecule has 0 aliphatic carbocycles. The summed E-state index contributed by atoms with van der Waals surface area (Å²) in [6.45, 7) is 0.144. The Bertz CT molecular complexity index is 1010. The van der Waals surface area contributed by atoms with E-state index in [9.17, 15) is 9.59 Å². The summed E-state index contributed by atoms with van der Waals surface area (Å²) in [5.41, 5.74) is 0.854. The first-order valence-electron chi connectivity index (χ1n) is 6.88. The number of fused-ring (bicyclic) bond motifs is 2. The van der Waals surface area contributed by atoms with Crippen molar-refractivity contribution >= 4 is 29.4 Å². The van der Waals surface area contributed by atoms with Crippen molar-refractivity contribution in [3.63, 3.8) is 0 Å². The van der Waals surface area contributed by atoms with Crippen molar-refractivity contribution in [3.8, 4) is 0 Å². The van der Waals surface area contributed by atoms with E-state index in [0.29, 0.717) is 23.0 Å². The molecule has 8 nitrogen and oxygen atoms in total. The highest BCUT2D eigenvalue weighted by Crippen LogP contribution is 2.14. The van der Waals surface area contributed by atoms with Crippen LogP contribution in [0.5, 0.6) is 0 Å². The van der Waals surface area contributed by atoms with Gasteiger partial charge in [0.2, 0.25) is 0 Å². The number of carbonyl (C=O) groups excluding carboxylic acids is 1. The van der Waals surface area contributed by atoms with Gasteiger partial charge in [0.25, 0.3) is 11.5 Å². The van der Waals surface area contributed by atoms with Crippen LogP contribution in [0.3, 0.4) is 0 Å². The van der Waals surface area contributed by atoms with E-state index in [1.807, 2.05) is 0 Å². The molecular weight excluding hydrogens is 296 g/mol. The van der Waals surface area contributed by atoms with Crippen molar-refractivity contribution < 1.29 is 4.79 Å². The number of hydrogen-bond donors (Lipinski definition) is 1. The van der Waals surface area contributed by atoms with Gasteiger partial charge in [0.05, 0.1) is 6.54 Å². The quantitative estimate of drug-likeness (QED) is 0.876. The molecule has 1 N–H and O–H groups in total. The van der Waals surface area contributed by atoms with Crippen LogP contribution in [0.1, 0.15) is 10.5 Å². The van der Waals surface area contributed by atoms with Crippen molar-refractivity contribution in [3.05, 3.63) is 58.3 Å². The van der Waals surface area contributed by atoms with Gasteiger partial charge in [0.15, 0.2) is 11.7 Å². The predicted octanol–water partition coefficient (Wildman–Crippen LogP) is 0.203. The van der Waals surface area contributed by atoms with Gasteiger partial charge in [0.1, 0.15) is 17.0 Å². The molecular formula is C15H10N6O2. The van der Waals surface area contributed by atoms with Crippen LogP contribution in [-0.2, 0) is 0 Å². The van der Waals surface area contributed by atoms with Crippen LogP contribution in [0.25, 0.3) is 5.65 Å². The topological polar surface area (TPSA) is 101 Å². The van der Waals surface area contributed by atoms with Gasteiger partial charge in [0, 0.05) is 18.5 Å². The maximum atomic E-state index is 12.2. The van der Waals surface area contributed by atoms with Crippen molar-refractivity contribution in [1.82, 2.24) is 14.7 Å². The molecule has 0 spiro atoms. The third-order valence-corrected chi connectivity index (χ3v) is 3.35. The third kappa shape index (κ3) is 2.35. The Labute approximate surface area is 129 Å². The molecule has 0 unspecified atom stereocenters. The van der Waals surface area contributed by atoms with Crippen LogP contribution in [0.2, 0.25) is 0 Å². The van der Waals surface area contributed by atoms with Gasteiger partial charge < -0.3 is 5.32 Å². The lowest BCUT2D eigenvalue weighted by atomic mass is 10.3. The summed E-state index contributed by atoms with van der Waals surface area (Å²) in [6.07, 6.45) is 4.97. The molecule has 8 heteroatoms. The summed E-state index contributed by atoms with van der Waals surface area (Å²) in [5.74, 6) is 0.566. The third-order valence-electron chi connectivity index (χ3n) is 3.35. The fraction of sp³-hybridized carbons (Fsp3) is 0.0667. The van der Waals surface area contributed by atoms with Crippen LogP contribution < -0.4 is 10.9 Å². The van der Waals surface area contributed by atoms with Crippen LogP contribution in [0, 0.1) is 0 Å². The SMILES string of the molecule is O=C(NCC1=NC2=CC=NC2=N1)c1cc(=O)n2ccccc2n1. The summed E-state index contributed by atoms with van der Waals surface area (Å²) in [5, 5.41) is 2.66. The smallest absolute Gasteiger partial charge is 0.270 e. The molecule has 0 aromatic carbocycles. The summed E-state index contributed by atoms with van der Waals surface area (Å²) in [7, 11) is 0. The maximum absolute atomic E-state index is 12.2. The predicted molar refractivity (Wildman–Crippen MR) is 85.2 cm³/mol. The molecule has 23 heavy (non-hydrogen) atoms. The zero-order chi connectivity index (χ0) is 15.8. The van der Waals surface area contributed by atoms with Gasteiger partial charge in [-0.3, -0.25) is 14.0 Å². The Kier molecular flexibility index (Phi) is 2.94. The molecule has 4 rings (SSSR count). The average molecular weight is 306 g/mol. The minimum absolute atomic E-state index is 0.0601. The molecule has 0 atom stereocenters. The number of allylic oxidation sites excluding steroid dienone is 1. The highest BCUT2D eigenvalue weighted by atomic mass is 16.2. The lowest BCUT2D eigenvalue weighted by Crippen LogP contribution is -2.30. The van der Waals surface area contributed by atoms with Crippen LogP contribution in [0.4, 0.5) is 0 Å². The number of aromatic nitrogens is 2. The Balaban J connectivity index is 1.53. The van der Waals surface area contributed by atoms with Gasteiger partial charge in [-0.1, -0.05) is 6.07 Å². The number of aliphatic imine (C=N–C) groups is 3. The molecule has 0 radical (unpaired) electrons. The number of nitrogens with one attached hydrogen (secondary N) is 1. The number of amidine groups is 2. The van der Waals surface area contributed by atoms with Crippen molar-refractivity contribution in [2.45, 2.75) is 0 Å². The van der Waals surface area contributed by atoms with Gasteiger partial charge in [-0.25, -0.2) is 20.0 Å². The minimum Gasteiger partial charge on any atom is -0.343 e. The number of rotatable bonds is 3. The summed E-state index contributed by atoms with van der Waals surface area (Å²) in [6, 6.07) is 6.34. The number of nitrogens with zero attached hydrogens (tertiary/aromatic N) is 5. The van der Waals surface area contributed by atoms with Crippen molar-refractivity contribution in [1.29, 1.82) is 0 Å². The van der Waals surface area contributed by atoms with E-state index in [4.69, 9.17) is 0 Å². The van der Waals surface area contributed by atoms with Crippen molar-refractivity contribution in [2.75, 3.05) is 6.54 Å². The van der Waals surface area contributed by atoms with Gasteiger partial charge in [-0.2, -0.15) is 0 Å². The van der Waals surface area contributed by atoms with E-state index in [1.165, 1.54) is 10.5 Å². The minimum atomic E-state index is -0.453. The highest BCUT2D eigenvalue weighted by Gasteiger charge is 2.19. The second-order valence-corrected chi connectivity index (χ2v) is 4.88. The van der Waals surface area contributed by atoms with Gasteiger partial charge >= 0.3 is 0 Å². The average Bonchev–Trinajstić information content (AvgIpc) is 3.14. The first-order chi connectivity index (χ1) is 11.2. The first-order valence-corrected chi connectivity index (χ1v) is 6.88. The standard InChI is InChI=1S/C15H10N6O2/c22-13-7-10(19-12-3-1-2-6-21(12)13)15(23)17-8-11-18-9-4-5-16-14(9)20-11/h1-7H,8H2,(H,17,23). The number of amides is 1. The van der Waals surface area contributed by atoms with Crippen molar-refractivity contribution in [2.24, 2.45) is 15.0 Å². The molecule has 112 valence electrons. The van der Waals surface area contributed by atoms with E-state index in [2.05, 4.69) is 25.3 Å². The maximum Gasteiger partial charge on any atom is 0.270 e. The molecule has 2 aliphatic rings. The Morgan fingerprint density at radius 3 is 3.04 bits per heavy atom. The zero-order valence-electron chi connectivity index (χ0n) is 11.8. The second-order valence-electron chi connectivity index (χ2n) is 4.88. The zero-order valence-corrected chi connectivity index (χ0v) is 11.8. The largest absolute Gasteiger partial charge is 0.343 e. The number of hydrogen-bond acceptors (Lipinski definition) is 6. The van der Waals surface area contributed by atoms with Crippen LogP contribution in [0.15, 0.2) is 62.0 Å². The van der Waals surface area contributed by atoms with E-state index in [-0.39, 0.29) is 17.8 Å². The molecule has 2 aromatic rings. The van der Waals surface area contributed by atoms with E-state index in [1.54, 1.807) is 36.7 Å². The fourth-order valence-corrected chi connectivity index (χ4v) is 2.28. The monoisotopic (exact) mass is 306 g/mol. The molecule has 4 heterocycles. The second kappa shape index (κ2) is 5.09. The van der Waals surface area contributed by atoms with Gasteiger partial charge in [-0.15, -0.1) is 0 Å². The number of pyridine rings is 1. The van der Waals surface area contributed by atoms with Crippen LogP contribution in [-0.4, -0.2) is 39.7 Å². The lowest BCUT2D eigenvalue weighted by Gasteiger charge is -2.04. The van der Waals surface area contributed by atoms with Gasteiger partial charge in [-0.05, 0) is 18.2 Å². The molecule has 2 aliphatic heterocycles. The van der Waals surface area contributed by atoms with Crippen LogP contribution >= 0.6 is 0 Å².